The van der Waals surface area contributed by atoms with Crippen LogP contribution in [0.1, 0.15) is 12.0 Å². The minimum atomic E-state index is -0.498. The van der Waals surface area contributed by atoms with E-state index in [0.717, 1.165) is 56.4 Å². The summed E-state index contributed by atoms with van der Waals surface area (Å²) in [5.74, 6) is 2.53. The van der Waals surface area contributed by atoms with E-state index in [2.05, 4.69) is 12.1 Å². The number of amides is 1. The molecule has 35 heavy (non-hydrogen) atoms. The van der Waals surface area contributed by atoms with Crippen LogP contribution in [-0.2, 0) is 20.1 Å². The predicted molar refractivity (Wildman–Crippen MR) is 145 cm³/mol. The molecule has 0 fully saturated rings. The van der Waals surface area contributed by atoms with E-state index in [4.69, 9.17) is 14.1 Å². The molecule has 0 saturated heterocycles. The standard InChI is InChI=1S/C27H28N2O4S2/c1-29(2)26(30)12-13-35-27(31)25(32-3)17-34-16-18-8-11-23-20(14-18)15-24(33-23)22-10-9-19-6-4-5-7-21(19)28-22/h4-11,14-15,25H,12-13,16-17H2,1-3H3. The first-order valence-corrected chi connectivity index (χ1v) is 13.4. The second-order valence-corrected chi connectivity index (χ2v) is 10.4. The van der Waals surface area contributed by atoms with Gasteiger partial charge in [-0.25, -0.2) is 4.98 Å². The van der Waals surface area contributed by atoms with Gasteiger partial charge in [0.25, 0.3) is 0 Å². The van der Waals surface area contributed by atoms with Crippen LogP contribution < -0.4 is 0 Å². The van der Waals surface area contributed by atoms with Crippen LogP contribution in [0.2, 0.25) is 0 Å². The Morgan fingerprint density at radius 2 is 1.89 bits per heavy atom. The van der Waals surface area contributed by atoms with Crippen LogP contribution in [0.5, 0.6) is 0 Å². The highest BCUT2D eigenvalue weighted by Gasteiger charge is 2.19. The van der Waals surface area contributed by atoms with Gasteiger partial charge in [0, 0.05) is 55.7 Å². The lowest BCUT2D eigenvalue weighted by atomic mass is 10.1. The third-order valence-electron chi connectivity index (χ3n) is 5.58. The third-order valence-corrected chi connectivity index (χ3v) is 7.61. The largest absolute Gasteiger partial charge is 0.454 e. The smallest absolute Gasteiger partial charge is 0.222 e. The normalized spacial score (nSPS) is 12.2. The lowest BCUT2D eigenvalue weighted by molar-refractivity contribution is -0.128. The maximum Gasteiger partial charge on any atom is 0.222 e. The molecule has 1 atom stereocenters. The predicted octanol–water partition coefficient (Wildman–Crippen LogP) is 5.63. The number of methoxy groups -OCH3 is 1. The van der Waals surface area contributed by atoms with E-state index in [1.807, 2.05) is 48.5 Å². The maximum absolute atomic E-state index is 12.4. The number of pyridine rings is 1. The number of fused-ring (bicyclic) bond motifs is 2. The molecule has 182 valence electrons. The van der Waals surface area contributed by atoms with Crippen molar-refractivity contribution < 1.29 is 18.7 Å². The van der Waals surface area contributed by atoms with Crippen molar-refractivity contribution in [2.75, 3.05) is 32.7 Å². The molecule has 0 N–H and O–H groups in total. The Hall–Kier alpha value is -2.81. The van der Waals surface area contributed by atoms with Gasteiger partial charge in [0.1, 0.15) is 17.4 Å². The summed E-state index contributed by atoms with van der Waals surface area (Å²) in [7, 11) is 4.98. The molecule has 1 unspecified atom stereocenters. The van der Waals surface area contributed by atoms with Gasteiger partial charge >= 0.3 is 0 Å². The summed E-state index contributed by atoms with van der Waals surface area (Å²) in [6.45, 7) is 0. The monoisotopic (exact) mass is 508 g/mol. The molecule has 0 spiro atoms. The summed E-state index contributed by atoms with van der Waals surface area (Å²) >= 11 is 2.81. The first-order chi connectivity index (χ1) is 16.9. The van der Waals surface area contributed by atoms with Crippen molar-refractivity contribution in [2.24, 2.45) is 0 Å². The molecule has 4 rings (SSSR count). The Morgan fingerprint density at radius 1 is 1.06 bits per heavy atom. The van der Waals surface area contributed by atoms with Crippen LogP contribution in [-0.4, -0.2) is 59.7 Å². The molecular weight excluding hydrogens is 480 g/mol. The third kappa shape index (κ3) is 6.45. The number of thioether (sulfide) groups is 2. The summed E-state index contributed by atoms with van der Waals surface area (Å²) in [4.78, 5) is 30.4. The van der Waals surface area contributed by atoms with Crippen molar-refractivity contribution in [1.29, 1.82) is 0 Å². The molecule has 4 aromatic rings. The first-order valence-electron chi connectivity index (χ1n) is 11.3. The number of carbonyl (C=O) groups excluding carboxylic acids is 2. The number of para-hydroxylation sites is 1. The zero-order chi connectivity index (χ0) is 24.8. The number of aromatic nitrogens is 1. The molecule has 0 aliphatic carbocycles. The molecule has 0 aliphatic rings. The van der Waals surface area contributed by atoms with E-state index in [0.29, 0.717) is 17.9 Å². The molecule has 1 amide bonds. The fourth-order valence-corrected chi connectivity index (χ4v) is 5.57. The molecular formula is C27H28N2O4S2. The number of hydrogen-bond acceptors (Lipinski definition) is 7. The highest BCUT2D eigenvalue weighted by Crippen LogP contribution is 2.29. The topological polar surface area (TPSA) is 72.6 Å². The van der Waals surface area contributed by atoms with Gasteiger partial charge in [-0.1, -0.05) is 42.1 Å². The Labute approximate surface area is 213 Å². The van der Waals surface area contributed by atoms with Crippen molar-refractivity contribution >= 4 is 56.4 Å². The van der Waals surface area contributed by atoms with Crippen LogP contribution in [0.25, 0.3) is 33.3 Å². The number of carbonyl (C=O) groups is 2. The second kappa shape index (κ2) is 11.7. The molecule has 0 bridgehead atoms. The van der Waals surface area contributed by atoms with E-state index in [9.17, 15) is 9.59 Å². The average molecular weight is 509 g/mol. The van der Waals surface area contributed by atoms with E-state index in [-0.39, 0.29) is 11.0 Å². The molecule has 8 heteroatoms. The number of ether oxygens (including phenoxy) is 1. The maximum atomic E-state index is 12.4. The molecule has 2 heterocycles. The van der Waals surface area contributed by atoms with Gasteiger partial charge in [-0.05, 0) is 35.9 Å². The summed E-state index contributed by atoms with van der Waals surface area (Å²) in [6, 6.07) is 20.2. The quantitative estimate of drug-likeness (QED) is 0.275. The molecule has 0 saturated carbocycles. The van der Waals surface area contributed by atoms with Gasteiger partial charge in [0.2, 0.25) is 11.0 Å². The van der Waals surface area contributed by atoms with Crippen molar-refractivity contribution in [3.8, 4) is 11.5 Å². The molecule has 2 aromatic heterocycles. The zero-order valence-corrected chi connectivity index (χ0v) is 21.7. The minimum Gasteiger partial charge on any atom is -0.454 e. The van der Waals surface area contributed by atoms with Crippen molar-refractivity contribution in [3.63, 3.8) is 0 Å². The zero-order valence-electron chi connectivity index (χ0n) is 20.0. The van der Waals surface area contributed by atoms with Gasteiger partial charge in [-0.3, -0.25) is 9.59 Å². The molecule has 0 aliphatic heterocycles. The van der Waals surface area contributed by atoms with Gasteiger partial charge in [-0.15, -0.1) is 0 Å². The van der Waals surface area contributed by atoms with E-state index < -0.39 is 6.10 Å². The van der Waals surface area contributed by atoms with Crippen LogP contribution >= 0.6 is 23.5 Å². The van der Waals surface area contributed by atoms with Gasteiger partial charge in [-0.2, -0.15) is 11.8 Å². The number of hydrogen-bond donors (Lipinski definition) is 0. The Bertz CT molecular complexity index is 1340. The van der Waals surface area contributed by atoms with Crippen LogP contribution in [0.15, 0.2) is 65.1 Å². The number of rotatable bonds is 10. The number of benzene rings is 2. The lowest BCUT2D eigenvalue weighted by Crippen LogP contribution is -2.25. The molecule has 6 nitrogen and oxygen atoms in total. The average Bonchev–Trinajstić information content (AvgIpc) is 3.29. The van der Waals surface area contributed by atoms with Crippen molar-refractivity contribution in [2.45, 2.75) is 18.3 Å². The van der Waals surface area contributed by atoms with Crippen molar-refractivity contribution in [1.82, 2.24) is 9.88 Å². The first kappa shape index (κ1) is 25.3. The van der Waals surface area contributed by atoms with Gasteiger partial charge in [0.15, 0.2) is 5.76 Å². The Balaban J connectivity index is 1.34. The van der Waals surface area contributed by atoms with Gasteiger partial charge < -0.3 is 14.1 Å². The van der Waals surface area contributed by atoms with Gasteiger partial charge in [0.05, 0.1) is 5.52 Å². The SMILES string of the molecule is COC(CSCc1ccc2oc(-c3ccc4ccccc4n3)cc2c1)C(=O)SCCC(=O)N(C)C. The van der Waals surface area contributed by atoms with E-state index in [1.54, 1.807) is 33.0 Å². The Kier molecular flexibility index (Phi) is 8.49. The summed E-state index contributed by atoms with van der Waals surface area (Å²) in [5.41, 5.74) is 3.71. The summed E-state index contributed by atoms with van der Waals surface area (Å²) in [5, 5.41) is 2.08. The highest BCUT2D eigenvalue weighted by atomic mass is 32.2. The fraction of sp³-hybridized carbons (Fsp3) is 0.296. The summed E-state index contributed by atoms with van der Waals surface area (Å²) in [6.07, 6.45) is -0.156. The van der Waals surface area contributed by atoms with Crippen molar-refractivity contribution in [3.05, 3.63) is 66.2 Å². The number of nitrogens with zero attached hydrogens (tertiary/aromatic N) is 2. The Morgan fingerprint density at radius 3 is 2.69 bits per heavy atom. The number of furan rings is 1. The highest BCUT2D eigenvalue weighted by molar-refractivity contribution is 8.13. The second-order valence-electron chi connectivity index (χ2n) is 8.32. The fourth-order valence-electron chi connectivity index (χ4n) is 3.58. The minimum absolute atomic E-state index is 0.0165. The lowest BCUT2D eigenvalue weighted by Gasteiger charge is -2.14. The molecule has 2 aromatic carbocycles. The van der Waals surface area contributed by atoms with Crippen LogP contribution in [0.3, 0.4) is 0 Å². The van der Waals surface area contributed by atoms with E-state index in [1.165, 1.54) is 4.90 Å². The van der Waals surface area contributed by atoms with E-state index >= 15 is 0 Å². The summed E-state index contributed by atoms with van der Waals surface area (Å²) < 4.78 is 11.5. The van der Waals surface area contributed by atoms with Crippen LogP contribution in [0, 0.1) is 0 Å². The van der Waals surface area contributed by atoms with Crippen LogP contribution in [0.4, 0.5) is 0 Å². The molecule has 0 radical (unpaired) electrons.